The van der Waals surface area contributed by atoms with E-state index < -0.39 is 27.7 Å². The van der Waals surface area contributed by atoms with Crippen LogP contribution in [0.4, 0.5) is 8.78 Å². The summed E-state index contributed by atoms with van der Waals surface area (Å²) >= 11 is 5.10. The van der Waals surface area contributed by atoms with Crippen LogP contribution in [0.1, 0.15) is 48.7 Å². The lowest BCUT2D eigenvalue weighted by Gasteiger charge is -2.20. The minimum Gasteiger partial charge on any atom is -0.478 e. The van der Waals surface area contributed by atoms with Gasteiger partial charge in [0.1, 0.15) is 0 Å². The molecule has 1 aromatic carbocycles. The molecule has 0 spiro atoms. The van der Waals surface area contributed by atoms with E-state index in [1.165, 1.54) is 0 Å². The fourth-order valence-corrected chi connectivity index (χ4v) is 3.81. The third-order valence-corrected chi connectivity index (χ3v) is 5.43. The number of alkyl halides is 3. The number of benzene rings is 1. The molecule has 1 rings (SSSR count). The molecule has 0 amide bonds. The van der Waals surface area contributed by atoms with Crippen LogP contribution in [-0.4, -0.2) is 20.5 Å². The van der Waals surface area contributed by atoms with Crippen LogP contribution in [-0.2, 0) is 22.6 Å². The summed E-state index contributed by atoms with van der Waals surface area (Å²) in [7, 11) is -1.75. The molecule has 0 saturated heterocycles. The average molecular weight is 339 g/mol. The molecule has 0 fully saturated rings. The fraction of sp³-hybridized carbons (Fsp3) is 0.500. The van der Waals surface area contributed by atoms with E-state index in [4.69, 9.17) is 11.6 Å². The monoisotopic (exact) mass is 338 g/mol. The molecule has 0 unspecified atom stereocenters. The van der Waals surface area contributed by atoms with Crippen LogP contribution in [0.3, 0.4) is 0 Å². The standard InChI is InChI=1S/C14H17ClF2O3S/c1-4-8(3)21(20)12-9(5-2)10(13(18)19)6-7-11(12)14(15,16)17/h6-8H,4-5H2,1-3H3,(H,18,19)/t8-,21+/m0/s1. The maximum absolute atomic E-state index is 13.6. The third-order valence-electron chi connectivity index (χ3n) is 3.29. The molecule has 0 aromatic heterocycles. The number of aromatic carboxylic acids is 1. The van der Waals surface area contributed by atoms with Crippen molar-refractivity contribution in [1.29, 1.82) is 0 Å². The zero-order valence-electron chi connectivity index (χ0n) is 12.0. The van der Waals surface area contributed by atoms with Crippen LogP contribution in [0, 0.1) is 0 Å². The third kappa shape index (κ3) is 3.80. The first-order valence-corrected chi connectivity index (χ1v) is 8.11. The molecule has 0 aliphatic carbocycles. The highest BCUT2D eigenvalue weighted by Crippen LogP contribution is 2.39. The van der Waals surface area contributed by atoms with Crippen molar-refractivity contribution < 1.29 is 22.9 Å². The van der Waals surface area contributed by atoms with Crippen molar-refractivity contribution in [3.8, 4) is 0 Å². The lowest BCUT2D eigenvalue weighted by atomic mass is 10.0. The molecule has 3 nitrogen and oxygen atoms in total. The molecule has 0 aliphatic rings. The normalized spacial score (nSPS) is 14.8. The maximum Gasteiger partial charge on any atom is 0.349 e. The summed E-state index contributed by atoms with van der Waals surface area (Å²) in [6, 6.07) is 2.04. The minimum absolute atomic E-state index is 0.117. The first-order chi connectivity index (χ1) is 9.65. The van der Waals surface area contributed by atoms with E-state index in [0.29, 0.717) is 6.42 Å². The molecule has 0 heterocycles. The van der Waals surface area contributed by atoms with Gasteiger partial charge in [0.15, 0.2) is 0 Å². The van der Waals surface area contributed by atoms with Crippen molar-refractivity contribution >= 4 is 28.4 Å². The van der Waals surface area contributed by atoms with Gasteiger partial charge in [-0.25, -0.2) is 4.79 Å². The molecule has 0 radical (unpaired) electrons. The summed E-state index contributed by atoms with van der Waals surface area (Å²) in [5.41, 5.74) is -0.544. The zero-order chi connectivity index (χ0) is 16.4. The van der Waals surface area contributed by atoms with Crippen molar-refractivity contribution in [2.75, 3.05) is 0 Å². The lowest BCUT2D eigenvalue weighted by molar-refractivity contribution is 0.0692. The van der Waals surface area contributed by atoms with Gasteiger partial charge in [-0.15, -0.1) is 0 Å². The van der Waals surface area contributed by atoms with Gasteiger partial charge in [-0.3, -0.25) is 4.21 Å². The molecule has 1 aromatic rings. The molecule has 21 heavy (non-hydrogen) atoms. The topological polar surface area (TPSA) is 54.4 Å². The van der Waals surface area contributed by atoms with E-state index in [-0.39, 0.29) is 27.7 Å². The van der Waals surface area contributed by atoms with Gasteiger partial charge in [0, 0.05) is 5.25 Å². The predicted molar refractivity (Wildman–Crippen MR) is 78.7 cm³/mol. The van der Waals surface area contributed by atoms with E-state index in [1.807, 2.05) is 0 Å². The molecule has 1 N–H and O–H groups in total. The Labute approximate surface area is 129 Å². The van der Waals surface area contributed by atoms with Gasteiger partial charge in [0.2, 0.25) is 0 Å². The summed E-state index contributed by atoms with van der Waals surface area (Å²) in [4.78, 5) is 11.1. The van der Waals surface area contributed by atoms with Crippen LogP contribution in [0.15, 0.2) is 17.0 Å². The summed E-state index contributed by atoms with van der Waals surface area (Å²) in [5, 5.41) is 5.10. The SMILES string of the molecule is CCc1c(C(=O)O)ccc(C(F)(F)Cl)c1[S@](=O)[C@@H](C)CC. The molecule has 0 aliphatic heterocycles. The Kier molecular flexibility index (Phi) is 5.87. The van der Waals surface area contributed by atoms with E-state index in [0.717, 1.165) is 12.1 Å². The number of rotatable bonds is 6. The molecule has 0 saturated carbocycles. The molecular weight excluding hydrogens is 322 g/mol. The highest BCUT2D eigenvalue weighted by Gasteiger charge is 2.36. The predicted octanol–water partition coefficient (Wildman–Crippen LogP) is 4.14. The first-order valence-electron chi connectivity index (χ1n) is 6.52. The Bertz CT molecular complexity index is 570. The molecule has 0 bridgehead atoms. The highest BCUT2D eigenvalue weighted by molar-refractivity contribution is 7.85. The number of halogens is 3. The van der Waals surface area contributed by atoms with Crippen LogP contribution in [0.2, 0.25) is 0 Å². The smallest absolute Gasteiger partial charge is 0.349 e. The fourth-order valence-electron chi connectivity index (χ4n) is 1.98. The Morgan fingerprint density at radius 3 is 2.38 bits per heavy atom. The van der Waals surface area contributed by atoms with E-state index in [1.54, 1.807) is 20.8 Å². The summed E-state index contributed by atoms with van der Waals surface area (Å²) in [6.07, 6.45) is 0.695. The van der Waals surface area contributed by atoms with Crippen molar-refractivity contribution in [2.24, 2.45) is 0 Å². The van der Waals surface area contributed by atoms with Gasteiger partial charge in [-0.2, -0.15) is 8.78 Å². The Morgan fingerprint density at radius 1 is 1.43 bits per heavy atom. The average Bonchev–Trinajstić information content (AvgIpc) is 2.42. The van der Waals surface area contributed by atoms with Gasteiger partial charge >= 0.3 is 11.4 Å². The van der Waals surface area contributed by atoms with Crippen LogP contribution in [0.5, 0.6) is 0 Å². The number of hydrogen-bond donors (Lipinski definition) is 1. The van der Waals surface area contributed by atoms with Gasteiger partial charge in [0.25, 0.3) is 0 Å². The van der Waals surface area contributed by atoms with Gasteiger partial charge < -0.3 is 5.11 Å². The maximum atomic E-state index is 13.6. The lowest BCUT2D eigenvalue weighted by Crippen LogP contribution is -2.19. The number of hydrogen-bond acceptors (Lipinski definition) is 2. The van der Waals surface area contributed by atoms with E-state index >= 15 is 0 Å². The largest absolute Gasteiger partial charge is 0.478 e. The molecular formula is C14H17ClF2O3S. The highest BCUT2D eigenvalue weighted by atomic mass is 35.5. The Hall–Kier alpha value is -1.01. The van der Waals surface area contributed by atoms with Crippen LogP contribution < -0.4 is 0 Å². The van der Waals surface area contributed by atoms with Gasteiger partial charge in [-0.05, 0) is 42.1 Å². The van der Waals surface area contributed by atoms with E-state index in [9.17, 15) is 22.9 Å². The van der Waals surface area contributed by atoms with Crippen molar-refractivity contribution in [3.05, 3.63) is 28.8 Å². The second kappa shape index (κ2) is 6.83. The Morgan fingerprint density at radius 2 is 2.00 bits per heavy atom. The number of carboxylic acids is 1. The number of carbonyl (C=O) groups is 1. The molecule has 7 heteroatoms. The molecule has 2 atom stereocenters. The van der Waals surface area contributed by atoms with E-state index in [2.05, 4.69) is 0 Å². The van der Waals surface area contributed by atoms with Crippen molar-refractivity contribution in [2.45, 2.75) is 49.1 Å². The zero-order valence-corrected chi connectivity index (χ0v) is 13.5. The Balaban J connectivity index is 3.71. The van der Waals surface area contributed by atoms with Crippen molar-refractivity contribution in [1.82, 2.24) is 0 Å². The van der Waals surface area contributed by atoms with Crippen molar-refractivity contribution in [3.63, 3.8) is 0 Å². The minimum atomic E-state index is -3.70. The first kappa shape index (κ1) is 18.0. The summed E-state index contributed by atoms with van der Waals surface area (Å²) in [6.45, 7) is 5.09. The second-order valence-corrected chi connectivity index (χ2v) is 6.92. The number of carboxylic acid groups (broad SMARTS) is 1. The summed E-state index contributed by atoms with van der Waals surface area (Å²) in [5.74, 6) is -1.24. The van der Waals surface area contributed by atoms with Gasteiger partial charge in [-0.1, -0.05) is 20.8 Å². The summed E-state index contributed by atoms with van der Waals surface area (Å²) < 4.78 is 39.7. The van der Waals surface area contributed by atoms with Crippen LogP contribution in [0.25, 0.3) is 0 Å². The molecule has 118 valence electrons. The quantitative estimate of drug-likeness (QED) is 0.793. The van der Waals surface area contributed by atoms with Crippen LogP contribution >= 0.6 is 11.6 Å². The van der Waals surface area contributed by atoms with Gasteiger partial charge in [0.05, 0.1) is 26.8 Å². The second-order valence-electron chi connectivity index (χ2n) is 4.64.